The summed E-state index contributed by atoms with van der Waals surface area (Å²) in [6.07, 6.45) is 52.7. The zero-order valence-electron chi connectivity index (χ0n) is 36.7. The maximum atomic E-state index is 12.7. The molecule has 0 aromatic rings. The minimum atomic E-state index is -4.65. The Morgan fingerprint density at radius 3 is 1.41 bits per heavy atom. The Kier molecular flexibility index (Phi) is 36.9. The standard InChI is InChI=1S/C48H78NO8P/c1-6-8-10-12-14-16-18-20-22-24-26-28-30-32-34-36-38-40-47(50)54-44-46(45-56-58(52,53)55-43-42-49(3,4)5)57-48(51)41-39-37-35-33-31-29-27-25-23-21-19-17-15-13-11-9-7-2/h8-11,14-17,20-23,26-29,33,35,46H,6-7,12-13,18-19,24-25,30-32,34,36-45H2,1-5H3/b10-8-,11-9-,16-14-,17-15-,22-20-,23-21-,28-26-,29-27-,35-33-/t46-/m1/s1. The van der Waals surface area contributed by atoms with Gasteiger partial charge < -0.3 is 27.9 Å². The van der Waals surface area contributed by atoms with Gasteiger partial charge in [0, 0.05) is 12.8 Å². The van der Waals surface area contributed by atoms with Crippen LogP contribution in [0, 0.1) is 0 Å². The average Bonchev–Trinajstić information content (AvgIpc) is 3.17. The second kappa shape index (κ2) is 39.1. The monoisotopic (exact) mass is 828 g/mol. The molecule has 0 saturated heterocycles. The predicted molar refractivity (Wildman–Crippen MR) is 240 cm³/mol. The van der Waals surface area contributed by atoms with Gasteiger partial charge in [0.1, 0.15) is 19.8 Å². The molecule has 2 atom stereocenters. The number of unbranched alkanes of at least 4 members (excludes halogenated alkanes) is 5. The summed E-state index contributed by atoms with van der Waals surface area (Å²) in [5, 5.41) is 0. The molecule has 0 saturated carbocycles. The van der Waals surface area contributed by atoms with Gasteiger partial charge in [-0.25, -0.2) is 0 Å². The highest BCUT2D eigenvalue weighted by Gasteiger charge is 2.21. The number of phosphoric ester groups is 1. The van der Waals surface area contributed by atoms with Crippen molar-refractivity contribution >= 4 is 19.8 Å². The van der Waals surface area contributed by atoms with Crippen LogP contribution in [0.5, 0.6) is 0 Å². The molecule has 9 nitrogen and oxygen atoms in total. The van der Waals surface area contributed by atoms with Crippen LogP contribution in [0.3, 0.4) is 0 Å². The lowest BCUT2D eigenvalue weighted by Crippen LogP contribution is -2.37. The van der Waals surface area contributed by atoms with Crippen LogP contribution in [0.2, 0.25) is 0 Å². The number of quaternary nitrogens is 1. The van der Waals surface area contributed by atoms with Gasteiger partial charge in [0.2, 0.25) is 0 Å². The third-order valence-electron chi connectivity index (χ3n) is 8.29. The molecule has 0 aromatic carbocycles. The first kappa shape index (κ1) is 54.7. The smallest absolute Gasteiger partial charge is 0.306 e. The molecule has 0 N–H and O–H groups in total. The van der Waals surface area contributed by atoms with Crippen LogP contribution in [0.4, 0.5) is 0 Å². The van der Waals surface area contributed by atoms with Gasteiger partial charge in [-0.1, -0.05) is 136 Å². The first-order valence-electron chi connectivity index (χ1n) is 21.6. The molecule has 0 rings (SSSR count). The predicted octanol–water partition coefficient (Wildman–Crippen LogP) is 11.7. The Balaban J connectivity index is 4.54. The van der Waals surface area contributed by atoms with E-state index in [-0.39, 0.29) is 26.1 Å². The Morgan fingerprint density at radius 2 is 0.948 bits per heavy atom. The highest BCUT2D eigenvalue weighted by Crippen LogP contribution is 2.38. The first-order chi connectivity index (χ1) is 28.0. The fourth-order valence-electron chi connectivity index (χ4n) is 4.97. The van der Waals surface area contributed by atoms with Crippen molar-refractivity contribution in [3.8, 4) is 0 Å². The summed E-state index contributed by atoms with van der Waals surface area (Å²) in [6.45, 7) is 3.87. The SMILES string of the molecule is CC/C=C\C/C=C\C/C=C\C/C=C\C/C=C\CCCC(=O)O[C@H](COC(=O)CCCCCC/C=C\C/C=C\C/C=C\C/C=C\CC)COP(=O)([O-])OCC[N+](C)(C)C. The van der Waals surface area contributed by atoms with Crippen LogP contribution in [-0.4, -0.2) is 70.0 Å². The van der Waals surface area contributed by atoms with Gasteiger partial charge >= 0.3 is 11.9 Å². The summed E-state index contributed by atoms with van der Waals surface area (Å²) in [5.74, 6) is -0.945. The lowest BCUT2D eigenvalue weighted by molar-refractivity contribution is -0.870. The van der Waals surface area contributed by atoms with Crippen LogP contribution in [0.1, 0.15) is 129 Å². The second-order valence-corrected chi connectivity index (χ2v) is 16.4. The van der Waals surface area contributed by atoms with Crippen LogP contribution in [0.15, 0.2) is 109 Å². The Hall–Kier alpha value is -3.33. The molecule has 328 valence electrons. The minimum Gasteiger partial charge on any atom is -0.756 e. The van der Waals surface area contributed by atoms with Gasteiger partial charge in [-0.2, -0.15) is 0 Å². The van der Waals surface area contributed by atoms with E-state index in [1.54, 1.807) is 0 Å². The minimum absolute atomic E-state index is 0.0526. The molecule has 0 aromatic heterocycles. The summed E-state index contributed by atoms with van der Waals surface area (Å²) < 4.78 is 33.8. The van der Waals surface area contributed by atoms with Crippen molar-refractivity contribution in [3.05, 3.63) is 109 Å². The van der Waals surface area contributed by atoms with Gasteiger partial charge in [-0.05, 0) is 89.9 Å². The molecule has 0 spiro atoms. The van der Waals surface area contributed by atoms with Crippen LogP contribution < -0.4 is 4.89 Å². The number of esters is 2. The van der Waals surface area contributed by atoms with Crippen LogP contribution in [0.25, 0.3) is 0 Å². The molecular formula is C48H78NO8P. The fraction of sp³-hybridized carbons (Fsp3) is 0.583. The van der Waals surface area contributed by atoms with Crippen LogP contribution in [-0.2, 0) is 32.7 Å². The topological polar surface area (TPSA) is 111 Å². The number of ether oxygens (including phenoxy) is 2. The summed E-state index contributed by atoms with van der Waals surface area (Å²) in [6, 6.07) is 0. The van der Waals surface area contributed by atoms with E-state index in [2.05, 4.69) is 117 Å². The van der Waals surface area contributed by atoms with Gasteiger partial charge in [0.05, 0.1) is 27.7 Å². The zero-order chi connectivity index (χ0) is 42.8. The Bertz CT molecular complexity index is 1350. The average molecular weight is 828 g/mol. The number of hydrogen-bond donors (Lipinski definition) is 0. The lowest BCUT2D eigenvalue weighted by atomic mass is 10.1. The highest BCUT2D eigenvalue weighted by atomic mass is 31.2. The normalized spacial score (nSPS) is 14.7. The number of hydrogen-bond acceptors (Lipinski definition) is 8. The van der Waals surface area contributed by atoms with Crippen LogP contribution >= 0.6 is 7.82 Å². The van der Waals surface area contributed by atoms with Gasteiger partial charge in [0.15, 0.2) is 6.10 Å². The molecule has 0 aliphatic heterocycles. The van der Waals surface area contributed by atoms with E-state index in [0.717, 1.165) is 83.5 Å². The molecule has 0 heterocycles. The van der Waals surface area contributed by atoms with Crippen molar-refractivity contribution in [2.24, 2.45) is 0 Å². The van der Waals surface area contributed by atoms with Crippen molar-refractivity contribution in [1.82, 2.24) is 0 Å². The number of allylic oxidation sites excluding steroid dienone is 18. The largest absolute Gasteiger partial charge is 0.756 e. The molecule has 0 bridgehead atoms. The number of carbonyl (C=O) groups is 2. The maximum absolute atomic E-state index is 12.7. The lowest BCUT2D eigenvalue weighted by Gasteiger charge is -2.28. The summed E-state index contributed by atoms with van der Waals surface area (Å²) in [7, 11) is 1.09. The van der Waals surface area contributed by atoms with Crippen molar-refractivity contribution in [1.29, 1.82) is 0 Å². The molecular weight excluding hydrogens is 750 g/mol. The van der Waals surface area contributed by atoms with E-state index in [9.17, 15) is 19.0 Å². The quantitative estimate of drug-likeness (QED) is 0.0200. The fourth-order valence-corrected chi connectivity index (χ4v) is 5.70. The zero-order valence-corrected chi connectivity index (χ0v) is 37.6. The number of phosphoric acid groups is 1. The molecule has 0 radical (unpaired) electrons. The molecule has 58 heavy (non-hydrogen) atoms. The Labute approximate surface area is 353 Å². The van der Waals surface area contributed by atoms with Gasteiger partial charge in [-0.15, -0.1) is 0 Å². The third kappa shape index (κ3) is 42.3. The molecule has 10 heteroatoms. The second-order valence-electron chi connectivity index (χ2n) is 14.9. The third-order valence-corrected chi connectivity index (χ3v) is 9.25. The number of rotatable bonds is 37. The van der Waals surface area contributed by atoms with Crippen molar-refractivity contribution in [3.63, 3.8) is 0 Å². The summed E-state index contributed by atoms with van der Waals surface area (Å²) >= 11 is 0. The Morgan fingerprint density at radius 1 is 0.534 bits per heavy atom. The van der Waals surface area contributed by atoms with E-state index in [4.69, 9.17) is 18.5 Å². The molecule has 0 fully saturated rings. The van der Waals surface area contributed by atoms with Crippen molar-refractivity contribution < 1.29 is 42.1 Å². The molecule has 0 aliphatic carbocycles. The van der Waals surface area contributed by atoms with E-state index < -0.39 is 32.5 Å². The van der Waals surface area contributed by atoms with Crippen molar-refractivity contribution in [2.45, 2.75) is 136 Å². The van der Waals surface area contributed by atoms with E-state index in [1.165, 1.54) is 0 Å². The van der Waals surface area contributed by atoms with E-state index in [0.29, 0.717) is 30.3 Å². The molecule has 1 unspecified atom stereocenters. The van der Waals surface area contributed by atoms with Gasteiger partial charge in [-0.3, -0.25) is 14.2 Å². The first-order valence-corrected chi connectivity index (χ1v) is 23.1. The maximum Gasteiger partial charge on any atom is 0.306 e. The van der Waals surface area contributed by atoms with E-state index >= 15 is 0 Å². The van der Waals surface area contributed by atoms with Crippen molar-refractivity contribution in [2.75, 3.05) is 47.5 Å². The molecule has 0 aliphatic rings. The van der Waals surface area contributed by atoms with E-state index in [1.807, 2.05) is 27.2 Å². The molecule has 0 amide bonds. The highest BCUT2D eigenvalue weighted by molar-refractivity contribution is 7.45. The number of nitrogens with zero attached hydrogens (tertiary/aromatic N) is 1. The van der Waals surface area contributed by atoms with Gasteiger partial charge in [0.25, 0.3) is 7.82 Å². The summed E-state index contributed by atoms with van der Waals surface area (Å²) in [5.41, 5.74) is 0. The summed E-state index contributed by atoms with van der Waals surface area (Å²) in [4.78, 5) is 37.5. The number of carbonyl (C=O) groups excluding carboxylic acids is 2. The number of likely N-dealkylation sites (N-methyl/N-ethyl adjacent to an activating group) is 1.